The van der Waals surface area contributed by atoms with E-state index in [9.17, 15) is 14.4 Å². The monoisotopic (exact) mass is 1060 g/mol. The molecule has 0 aliphatic carbocycles. The van der Waals surface area contributed by atoms with Crippen molar-refractivity contribution in [1.82, 2.24) is 0 Å². The van der Waals surface area contributed by atoms with Gasteiger partial charge in [-0.1, -0.05) is 276 Å². The average molecular weight is 1070 g/mol. The summed E-state index contributed by atoms with van der Waals surface area (Å²) in [6.07, 6.45) is 90.7. The fraction of sp³-hybridized carbons (Fsp3) is 0.648. The zero-order valence-corrected chi connectivity index (χ0v) is 49.9. The number of ether oxygens (including phenoxy) is 3. The minimum absolute atomic E-state index is 0.110. The second-order valence-corrected chi connectivity index (χ2v) is 20.5. The molecule has 6 heteroatoms. The molecule has 6 nitrogen and oxygen atoms in total. The lowest BCUT2D eigenvalue weighted by Gasteiger charge is -2.18. The van der Waals surface area contributed by atoms with E-state index in [1.165, 1.54) is 116 Å². The zero-order chi connectivity index (χ0) is 55.7. The van der Waals surface area contributed by atoms with Crippen LogP contribution in [0.15, 0.2) is 134 Å². The van der Waals surface area contributed by atoms with E-state index in [1.807, 2.05) is 12.2 Å². The van der Waals surface area contributed by atoms with Crippen molar-refractivity contribution in [2.24, 2.45) is 0 Å². The van der Waals surface area contributed by atoms with Gasteiger partial charge in [-0.3, -0.25) is 14.4 Å². The topological polar surface area (TPSA) is 78.9 Å². The Morgan fingerprint density at radius 2 is 0.532 bits per heavy atom. The largest absolute Gasteiger partial charge is 0.462 e. The van der Waals surface area contributed by atoms with E-state index in [-0.39, 0.29) is 31.6 Å². The number of carbonyl (C=O) groups is 3. The summed E-state index contributed by atoms with van der Waals surface area (Å²) in [7, 11) is 0. The highest BCUT2D eigenvalue weighted by Crippen LogP contribution is 2.16. The third-order valence-electron chi connectivity index (χ3n) is 13.1. The van der Waals surface area contributed by atoms with E-state index in [0.717, 1.165) is 116 Å². The van der Waals surface area contributed by atoms with Gasteiger partial charge in [0.25, 0.3) is 0 Å². The van der Waals surface area contributed by atoms with E-state index in [2.05, 4.69) is 142 Å². The highest BCUT2D eigenvalue weighted by atomic mass is 16.6. The van der Waals surface area contributed by atoms with E-state index in [1.54, 1.807) is 0 Å². The minimum atomic E-state index is -0.821. The van der Waals surface area contributed by atoms with E-state index in [0.29, 0.717) is 19.3 Å². The molecule has 0 amide bonds. The van der Waals surface area contributed by atoms with E-state index in [4.69, 9.17) is 14.2 Å². The number of esters is 3. The first kappa shape index (κ1) is 72.5. The van der Waals surface area contributed by atoms with Crippen LogP contribution in [0.1, 0.15) is 278 Å². The van der Waals surface area contributed by atoms with Crippen molar-refractivity contribution in [1.29, 1.82) is 0 Å². The molecule has 0 bridgehead atoms. The van der Waals surface area contributed by atoms with Crippen LogP contribution in [0.2, 0.25) is 0 Å². The molecular formula is C71H116O6. The molecule has 0 aromatic heterocycles. The first-order chi connectivity index (χ1) is 38.0. The van der Waals surface area contributed by atoms with Crippen LogP contribution < -0.4 is 0 Å². The average Bonchev–Trinajstić information content (AvgIpc) is 3.43. The van der Waals surface area contributed by atoms with E-state index < -0.39 is 12.1 Å². The van der Waals surface area contributed by atoms with Crippen molar-refractivity contribution >= 4 is 17.9 Å². The number of hydrogen-bond donors (Lipinski definition) is 0. The standard InChI is InChI=1S/C71H116O6/c1-4-7-10-13-16-19-22-24-25-26-27-28-29-30-31-32-33-34-35-36-37-38-39-40-41-42-43-44-45-47-49-52-55-58-61-64-70(73)76-67-68(66-75-69(72)63-60-57-54-51-48-21-18-15-12-9-6-3)77-71(74)65-62-59-56-53-50-46-23-20-17-14-11-8-5-2/h7-8,10-11,15-20,24-25,27-28,30-31,33-34,46,50,56,59,68H,4-6,9,12-14,21-23,26,29,32,35-45,47-49,51-55,57-58,60-67H2,1-3H3/b10-7-,11-8-,18-15-,19-16-,20-17-,25-24-,28-27-,31-30-,34-33-,50-46-,59-56-. The van der Waals surface area contributed by atoms with Crippen LogP contribution in [0.3, 0.4) is 0 Å². The molecule has 0 N–H and O–H groups in total. The first-order valence-electron chi connectivity index (χ1n) is 31.7. The molecule has 1 atom stereocenters. The van der Waals surface area contributed by atoms with Gasteiger partial charge in [0.1, 0.15) is 13.2 Å². The Kier molecular flexibility index (Phi) is 60.4. The number of carbonyl (C=O) groups excluding carboxylic acids is 3. The maximum Gasteiger partial charge on any atom is 0.306 e. The normalized spacial score (nSPS) is 13.0. The zero-order valence-electron chi connectivity index (χ0n) is 49.9. The predicted molar refractivity (Wildman–Crippen MR) is 334 cm³/mol. The fourth-order valence-corrected chi connectivity index (χ4v) is 8.44. The van der Waals surface area contributed by atoms with E-state index >= 15 is 0 Å². The summed E-state index contributed by atoms with van der Waals surface area (Å²) in [5.74, 6) is -1.00. The molecule has 0 spiro atoms. The Hall–Kier alpha value is -4.45. The summed E-state index contributed by atoms with van der Waals surface area (Å²) in [5.41, 5.74) is 0. The molecule has 0 fully saturated rings. The molecule has 0 rings (SSSR count). The lowest BCUT2D eigenvalue weighted by Crippen LogP contribution is -2.30. The Balaban J connectivity index is 4.13. The molecule has 0 aliphatic heterocycles. The number of allylic oxidation sites excluding steroid dienone is 22. The third kappa shape index (κ3) is 62.3. The number of rotatable bonds is 56. The Morgan fingerprint density at radius 3 is 0.857 bits per heavy atom. The summed E-state index contributed by atoms with van der Waals surface area (Å²) in [4.78, 5) is 38.1. The fourth-order valence-electron chi connectivity index (χ4n) is 8.44. The van der Waals surface area contributed by atoms with Crippen LogP contribution in [0.4, 0.5) is 0 Å². The van der Waals surface area contributed by atoms with Crippen LogP contribution in [0, 0.1) is 0 Å². The smallest absolute Gasteiger partial charge is 0.306 e. The van der Waals surface area contributed by atoms with Crippen LogP contribution in [0.5, 0.6) is 0 Å². The Morgan fingerprint density at radius 1 is 0.273 bits per heavy atom. The van der Waals surface area contributed by atoms with Gasteiger partial charge in [0.05, 0.1) is 0 Å². The van der Waals surface area contributed by atoms with Crippen molar-refractivity contribution in [3.05, 3.63) is 134 Å². The summed E-state index contributed by atoms with van der Waals surface area (Å²) in [6.45, 7) is 6.30. The van der Waals surface area contributed by atoms with Crippen LogP contribution in [0.25, 0.3) is 0 Å². The summed E-state index contributed by atoms with van der Waals surface area (Å²) in [6, 6.07) is 0. The van der Waals surface area contributed by atoms with Crippen molar-refractivity contribution in [3.8, 4) is 0 Å². The Bertz CT molecular complexity index is 1650. The SMILES string of the molecule is CC/C=C\C/C=C\C/C=C\C/C=C\C/C=C\C/C=C\CCCCCCCCCCCCCCCCCCC(=O)OCC(COC(=O)CCCCCCC/C=C\CCCC)OC(=O)CC/C=C\C/C=C\C/C=C\C/C=C\CC. The Labute approximate surface area is 475 Å². The van der Waals surface area contributed by atoms with Gasteiger partial charge in [0.15, 0.2) is 6.10 Å². The minimum Gasteiger partial charge on any atom is -0.462 e. The van der Waals surface area contributed by atoms with Crippen LogP contribution in [-0.4, -0.2) is 37.2 Å². The summed E-state index contributed by atoms with van der Waals surface area (Å²) < 4.78 is 16.8. The van der Waals surface area contributed by atoms with Crippen molar-refractivity contribution < 1.29 is 28.6 Å². The predicted octanol–water partition coefficient (Wildman–Crippen LogP) is 21.8. The maximum absolute atomic E-state index is 12.8. The lowest BCUT2D eigenvalue weighted by atomic mass is 10.0. The molecule has 0 saturated carbocycles. The molecule has 0 radical (unpaired) electrons. The van der Waals surface area contributed by atoms with Gasteiger partial charge >= 0.3 is 17.9 Å². The molecule has 0 saturated heterocycles. The van der Waals surface area contributed by atoms with Gasteiger partial charge in [0.2, 0.25) is 0 Å². The van der Waals surface area contributed by atoms with Crippen molar-refractivity contribution in [2.75, 3.05) is 13.2 Å². The van der Waals surface area contributed by atoms with Gasteiger partial charge < -0.3 is 14.2 Å². The number of unbranched alkanes of at least 4 members (excludes halogenated alkanes) is 23. The molecule has 436 valence electrons. The molecule has 1 unspecified atom stereocenters. The second kappa shape index (κ2) is 64.1. The van der Waals surface area contributed by atoms with Gasteiger partial charge in [0, 0.05) is 19.3 Å². The van der Waals surface area contributed by atoms with Gasteiger partial charge in [-0.05, 0) is 116 Å². The molecule has 0 aromatic carbocycles. The molecule has 0 heterocycles. The molecular weight excluding hydrogens is 949 g/mol. The summed E-state index contributed by atoms with van der Waals surface area (Å²) >= 11 is 0. The quantitative estimate of drug-likeness (QED) is 0.0261. The molecule has 0 aromatic rings. The van der Waals surface area contributed by atoms with Gasteiger partial charge in [-0.15, -0.1) is 0 Å². The van der Waals surface area contributed by atoms with Gasteiger partial charge in [-0.25, -0.2) is 0 Å². The van der Waals surface area contributed by atoms with Crippen LogP contribution in [-0.2, 0) is 28.6 Å². The molecule has 77 heavy (non-hydrogen) atoms. The van der Waals surface area contributed by atoms with Crippen molar-refractivity contribution in [2.45, 2.75) is 284 Å². The van der Waals surface area contributed by atoms with Gasteiger partial charge in [-0.2, -0.15) is 0 Å². The highest BCUT2D eigenvalue weighted by molar-refractivity contribution is 5.71. The molecule has 0 aliphatic rings. The number of hydrogen-bond acceptors (Lipinski definition) is 6. The highest BCUT2D eigenvalue weighted by Gasteiger charge is 2.19. The maximum atomic E-state index is 12.8. The first-order valence-corrected chi connectivity index (χ1v) is 31.7. The third-order valence-corrected chi connectivity index (χ3v) is 13.1. The summed E-state index contributed by atoms with van der Waals surface area (Å²) in [5, 5.41) is 0. The lowest BCUT2D eigenvalue weighted by molar-refractivity contribution is -0.166. The van der Waals surface area contributed by atoms with Crippen LogP contribution >= 0.6 is 0 Å². The second-order valence-electron chi connectivity index (χ2n) is 20.5. The van der Waals surface area contributed by atoms with Crippen molar-refractivity contribution in [3.63, 3.8) is 0 Å².